The maximum Gasteiger partial charge on any atom is 0.407 e. The number of carbonyl (C=O) groups excluding carboxylic acids is 4. The molecule has 1 spiro atoms. The highest BCUT2D eigenvalue weighted by atomic mass is 32.2. The molecule has 18 heteroatoms. The van der Waals surface area contributed by atoms with Crippen LogP contribution in [0.3, 0.4) is 0 Å². The number of nitriles is 1. The van der Waals surface area contributed by atoms with Gasteiger partial charge in [-0.3, -0.25) is 9.59 Å². The van der Waals surface area contributed by atoms with E-state index in [1.54, 1.807) is 22.2 Å². The number of methoxy groups -OCH3 is 2. The molecule has 17 nitrogen and oxygen atoms in total. The van der Waals surface area contributed by atoms with Crippen LogP contribution in [0.5, 0.6) is 0 Å². The Bertz CT molecular complexity index is 2770. The Balaban J connectivity index is 0.960. The molecule has 0 bridgehead atoms. The van der Waals surface area contributed by atoms with Gasteiger partial charge in [-0.25, -0.2) is 28.0 Å². The molecular formula is C47H53N9O8S. The molecule has 3 aliphatic rings. The highest BCUT2D eigenvalue weighted by Crippen LogP contribution is 2.58. The van der Waals surface area contributed by atoms with Crippen molar-refractivity contribution < 1.29 is 37.1 Å². The zero-order chi connectivity index (χ0) is 46.2. The van der Waals surface area contributed by atoms with Crippen molar-refractivity contribution in [2.24, 2.45) is 17.3 Å². The fraction of sp³-hybridized carbons (Fsp3) is 0.426. The van der Waals surface area contributed by atoms with Gasteiger partial charge in [-0.2, -0.15) is 5.26 Å². The van der Waals surface area contributed by atoms with Gasteiger partial charge in [0.05, 0.1) is 67.8 Å². The van der Waals surface area contributed by atoms with Crippen LogP contribution in [0, 0.1) is 28.6 Å². The minimum atomic E-state index is -3.39. The monoisotopic (exact) mass is 903 g/mol. The Kier molecular flexibility index (Phi) is 12.4. The lowest BCUT2D eigenvalue weighted by Gasteiger charge is -2.29. The number of fused-ring (bicyclic) bond motifs is 1. The third kappa shape index (κ3) is 9.70. The van der Waals surface area contributed by atoms with Crippen molar-refractivity contribution in [1.82, 2.24) is 40.4 Å². The van der Waals surface area contributed by atoms with Crippen LogP contribution in [0.2, 0.25) is 0 Å². The molecule has 2 saturated heterocycles. The molecule has 4 N–H and O–H groups in total. The summed E-state index contributed by atoms with van der Waals surface area (Å²) >= 11 is 0. The third-order valence-corrected chi connectivity index (χ3v) is 13.9. The van der Waals surface area contributed by atoms with Gasteiger partial charge in [0.25, 0.3) is 0 Å². The average molecular weight is 904 g/mol. The van der Waals surface area contributed by atoms with E-state index in [-0.39, 0.29) is 53.8 Å². The molecule has 0 unspecified atom stereocenters. The molecule has 0 radical (unpaired) electrons. The van der Waals surface area contributed by atoms with Crippen LogP contribution >= 0.6 is 0 Å². The van der Waals surface area contributed by atoms with E-state index in [2.05, 4.69) is 74.1 Å². The Labute approximate surface area is 377 Å². The number of amides is 4. The van der Waals surface area contributed by atoms with Gasteiger partial charge >= 0.3 is 12.2 Å². The van der Waals surface area contributed by atoms with Crippen molar-refractivity contribution in [3.05, 3.63) is 84.7 Å². The quantitative estimate of drug-likeness (QED) is 0.102. The second-order valence-corrected chi connectivity index (χ2v) is 20.2. The van der Waals surface area contributed by atoms with Crippen LogP contribution in [0.15, 0.2) is 73.1 Å². The second kappa shape index (κ2) is 18.0. The zero-order valence-corrected chi connectivity index (χ0v) is 37.8. The third-order valence-electron chi connectivity index (χ3n) is 13.0. The Morgan fingerprint density at radius 3 is 1.98 bits per heavy atom. The summed E-state index contributed by atoms with van der Waals surface area (Å²) in [4.78, 5) is 71.6. The van der Waals surface area contributed by atoms with Crippen LogP contribution in [-0.4, -0.2) is 114 Å². The highest BCUT2D eigenvalue weighted by Gasteiger charge is 2.55. The molecule has 1 aliphatic carbocycles. The van der Waals surface area contributed by atoms with Gasteiger partial charge in [-0.1, -0.05) is 62.4 Å². The predicted octanol–water partition coefficient (Wildman–Crippen LogP) is 6.29. The van der Waals surface area contributed by atoms with Crippen LogP contribution in [-0.2, 0) is 28.9 Å². The average Bonchev–Trinajstić information content (AvgIpc) is 3.80. The molecular weight excluding hydrogens is 851 g/mol. The van der Waals surface area contributed by atoms with E-state index in [1.165, 1.54) is 14.2 Å². The van der Waals surface area contributed by atoms with Gasteiger partial charge in [-0.15, -0.1) is 0 Å². The molecule has 65 heavy (non-hydrogen) atoms. The number of sulfone groups is 1. The first-order chi connectivity index (χ1) is 31.1. The van der Waals surface area contributed by atoms with Gasteiger partial charge < -0.3 is 39.9 Å². The molecule has 5 atom stereocenters. The summed E-state index contributed by atoms with van der Waals surface area (Å²) in [7, 11) is -0.939. The standard InChI is InChI=1S/C47H53N9O8S/c1-27(2)40(54-46(60)64-4)44(58)55-25-28(22-48)18-38(55)41-49-24-37(52-41)34-13-12-32-19-31(10-11-33(32)20-34)29-6-8-30(9-7-29)36-23-50-42(51-36)39-21-47(15-16-47)26-56(39)43(57)35(53-45(59)63-3)14-17-65(5,61)62/h6-13,19-20,23-24,27-28,35,38-40H,14-18,21,25-26H2,1-5H3,(H,49,52)(H,50,51)(H,53,59)(H,54,60)/t28-,35+,38+,39+,40+/m1/s1. The van der Waals surface area contributed by atoms with Gasteiger partial charge in [0, 0.05) is 24.9 Å². The molecule has 5 aromatic rings. The minimum Gasteiger partial charge on any atom is -0.453 e. The van der Waals surface area contributed by atoms with E-state index in [0.717, 1.165) is 69.9 Å². The van der Waals surface area contributed by atoms with Crippen LogP contribution < -0.4 is 10.6 Å². The van der Waals surface area contributed by atoms with Gasteiger partial charge in [0.1, 0.15) is 33.6 Å². The van der Waals surface area contributed by atoms with Gasteiger partial charge in [-0.05, 0) is 83.0 Å². The fourth-order valence-electron chi connectivity index (χ4n) is 9.11. The number of nitrogens with one attached hydrogen (secondary N) is 4. The van der Waals surface area contributed by atoms with Crippen LogP contribution in [0.25, 0.3) is 44.4 Å². The number of hydrogen-bond acceptors (Lipinski definition) is 11. The van der Waals surface area contributed by atoms with Crippen molar-refractivity contribution in [2.75, 3.05) is 39.3 Å². The van der Waals surface area contributed by atoms with E-state index in [9.17, 15) is 32.9 Å². The van der Waals surface area contributed by atoms with Crippen LogP contribution in [0.1, 0.15) is 69.7 Å². The SMILES string of the molecule is COC(=O)N[C@@H](CCS(C)(=O)=O)C(=O)N1CC2(CC2)C[C@H]1c1ncc(-c2ccc(-c3ccc4cc(-c5cnc([C@@H]6C[C@H](C#N)CN6C(=O)[C@@H](NC(=O)OC)C(C)C)[nH]5)ccc4c3)cc2)[nH]1. The molecule has 8 rings (SSSR count). The van der Waals surface area contributed by atoms with Crippen molar-refractivity contribution >= 4 is 44.6 Å². The lowest BCUT2D eigenvalue weighted by Crippen LogP contribution is -2.51. The van der Waals surface area contributed by atoms with Gasteiger partial charge in [0.2, 0.25) is 11.8 Å². The highest BCUT2D eigenvalue weighted by molar-refractivity contribution is 7.90. The van der Waals surface area contributed by atoms with E-state index < -0.39 is 40.1 Å². The number of imidazole rings is 2. The van der Waals surface area contributed by atoms with E-state index in [1.807, 2.05) is 32.0 Å². The largest absolute Gasteiger partial charge is 0.453 e. The normalized spacial score (nSPS) is 19.8. The topological polar surface area (TPSA) is 233 Å². The van der Waals surface area contributed by atoms with Crippen molar-refractivity contribution in [2.45, 2.75) is 70.1 Å². The van der Waals surface area contributed by atoms with Gasteiger partial charge in [0.15, 0.2) is 0 Å². The summed E-state index contributed by atoms with van der Waals surface area (Å²) in [6, 6.07) is 20.2. The summed E-state index contributed by atoms with van der Waals surface area (Å²) in [5.74, 6) is -0.295. The molecule has 2 aromatic heterocycles. The summed E-state index contributed by atoms with van der Waals surface area (Å²) in [5.41, 5.74) is 5.43. The zero-order valence-electron chi connectivity index (χ0n) is 37.0. The van der Waals surface area contributed by atoms with E-state index in [0.29, 0.717) is 24.6 Å². The molecule has 3 aromatic carbocycles. The molecule has 340 valence electrons. The number of rotatable bonds is 13. The number of carbonyl (C=O) groups is 4. The lowest BCUT2D eigenvalue weighted by molar-refractivity contribution is -0.136. The first kappa shape index (κ1) is 44.9. The second-order valence-electron chi connectivity index (χ2n) is 17.9. The number of nitrogens with zero attached hydrogens (tertiary/aromatic N) is 5. The Morgan fingerprint density at radius 2 is 1.38 bits per heavy atom. The summed E-state index contributed by atoms with van der Waals surface area (Å²) in [5, 5.41) is 17.0. The van der Waals surface area contributed by atoms with E-state index in [4.69, 9.17) is 14.5 Å². The maximum absolute atomic E-state index is 14.0. The summed E-state index contributed by atoms with van der Waals surface area (Å²) in [6.45, 7) is 4.42. The Hall–Kier alpha value is -6.74. The minimum absolute atomic E-state index is 0.0131. The smallest absolute Gasteiger partial charge is 0.407 e. The number of likely N-dealkylation sites (tertiary alicyclic amines) is 2. The molecule has 4 heterocycles. The number of ether oxygens (including phenoxy) is 2. The van der Waals surface area contributed by atoms with Crippen LogP contribution in [0.4, 0.5) is 9.59 Å². The molecule has 4 amide bonds. The maximum atomic E-state index is 14.0. The number of hydrogen-bond donors (Lipinski definition) is 4. The first-order valence-electron chi connectivity index (χ1n) is 21.7. The lowest BCUT2D eigenvalue weighted by atomic mass is 9.98. The summed E-state index contributed by atoms with van der Waals surface area (Å²) in [6.07, 6.45) is 6.14. The molecule has 1 saturated carbocycles. The predicted molar refractivity (Wildman–Crippen MR) is 241 cm³/mol. The number of benzene rings is 3. The number of alkyl carbamates (subject to hydrolysis) is 2. The number of aromatic amines is 2. The first-order valence-corrected chi connectivity index (χ1v) is 23.8. The number of aromatic nitrogens is 4. The van der Waals surface area contributed by atoms with Crippen molar-refractivity contribution in [3.8, 4) is 39.7 Å². The van der Waals surface area contributed by atoms with E-state index >= 15 is 0 Å². The molecule has 2 aliphatic heterocycles. The van der Waals surface area contributed by atoms with Crippen molar-refractivity contribution in [1.29, 1.82) is 5.26 Å². The molecule has 3 fully saturated rings. The van der Waals surface area contributed by atoms with Crippen molar-refractivity contribution in [3.63, 3.8) is 0 Å². The summed E-state index contributed by atoms with van der Waals surface area (Å²) < 4.78 is 33.5. The number of H-pyrrole nitrogens is 2. The Morgan fingerprint density at radius 1 is 0.815 bits per heavy atom. The fourth-order valence-corrected chi connectivity index (χ4v) is 9.78.